The number of piperidine rings is 2. The van der Waals surface area contributed by atoms with Gasteiger partial charge in [-0.1, -0.05) is 6.92 Å². The van der Waals surface area contributed by atoms with E-state index in [2.05, 4.69) is 17.2 Å². The summed E-state index contributed by atoms with van der Waals surface area (Å²) < 4.78 is 12.3. The second-order valence-corrected chi connectivity index (χ2v) is 7.32. The van der Waals surface area contributed by atoms with Crippen LogP contribution in [0.1, 0.15) is 44.7 Å². The predicted octanol–water partition coefficient (Wildman–Crippen LogP) is 2.31. The van der Waals surface area contributed by atoms with Crippen LogP contribution in [-0.2, 0) is 9.53 Å². The van der Waals surface area contributed by atoms with Crippen molar-refractivity contribution in [2.75, 3.05) is 32.8 Å². The Balaban J connectivity index is 1.76. The minimum atomic E-state index is -0.800. The lowest BCUT2D eigenvalue weighted by atomic mass is 9.89. The lowest BCUT2D eigenvalue weighted by Crippen LogP contribution is -2.59. The van der Waals surface area contributed by atoms with Gasteiger partial charge in [-0.25, -0.2) is 0 Å². The Morgan fingerprint density at radius 1 is 1.42 bits per heavy atom. The Morgan fingerprint density at radius 3 is 2.96 bits per heavy atom. The molecule has 0 aliphatic carbocycles. The van der Waals surface area contributed by atoms with Crippen LogP contribution >= 0.6 is 0 Å². The first-order valence-electron chi connectivity index (χ1n) is 9.87. The molecule has 6 heteroatoms. The lowest BCUT2D eigenvalue weighted by molar-refractivity contribution is -0.154. The molecule has 1 amide bonds. The van der Waals surface area contributed by atoms with E-state index in [4.69, 9.17) is 9.47 Å². The molecule has 3 heterocycles. The quantitative estimate of drug-likeness (QED) is 0.842. The summed E-state index contributed by atoms with van der Waals surface area (Å²) >= 11 is 0. The molecule has 1 aromatic heterocycles. The molecule has 3 rings (SSSR count). The zero-order valence-electron chi connectivity index (χ0n) is 16.0. The highest BCUT2D eigenvalue weighted by atomic mass is 16.5. The van der Waals surface area contributed by atoms with Gasteiger partial charge in [-0.2, -0.15) is 0 Å². The largest absolute Gasteiger partial charge is 0.475 e. The number of ether oxygens (including phenoxy) is 2. The summed E-state index contributed by atoms with van der Waals surface area (Å²) in [6.45, 7) is 7.82. The summed E-state index contributed by atoms with van der Waals surface area (Å²) in [5.41, 5.74) is 0.0205. The topological polar surface area (TPSA) is 63.7 Å². The minimum Gasteiger partial charge on any atom is -0.475 e. The molecule has 0 bridgehead atoms. The average Bonchev–Trinajstić information content (AvgIpc) is 2.68. The van der Waals surface area contributed by atoms with E-state index in [0.29, 0.717) is 25.1 Å². The Hall–Kier alpha value is -1.66. The van der Waals surface area contributed by atoms with Crippen LogP contribution in [0.15, 0.2) is 18.3 Å². The van der Waals surface area contributed by atoms with E-state index in [1.165, 1.54) is 0 Å². The van der Waals surface area contributed by atoms with Crippen molar-refractivity contribution in [1.82, 2.24) is 15.2 Å². The second kappa shape index (κ2) is 8.82. The van der Waals surface area contributed by atoms with E-state index < -0.39 is 5.60 Å². The molecule has 0 unspecified atom stereocenters. The Kier molecular flexibility index (Phi) is 6.48. The van der Waals surface area contributed by atoms with E-state index in [1.807, 2.05) is 24.0 Å². The van der Waals surface area contributed by atoms with E-state index >= 15 is 0 Å². The first-order valence-corrected chi connectivity index (χ1v) is 9.87. The Labute approximate surface area is 156 Å². The smallest absolute Gasteiger partial charge is 0.266 e. The molecule has 26 heavy (non-hydrogen) atoms. The fourth-order valence-electron chi connectivity index (χ4n) is 3.81. The molecule has 1 N–H and O–H groups in total. The number of pyridine rings is 1. The number of carbonyl (C=O) groups excluding carboxylic acids is 1. The van der Waals surface area contributed by atoms with Gasteiger partial charge >= 0.3 is 0 Å². The molecule has 0 radical (unpaired) electrons. The number of aryl methyl sites for hydroxylation is 1. The van der Waals surface area contributed by atoms with Crippen molar-refractivity contribution in [1.29, 1.82) is 0 Å². The van der Waals surface area contributed by atoms with E-state index in [0.717, 1.165) is 51.2 Å². The zero-order chi connectivity index (χ0) is 18.4. The lowest BCUT2D eigenvalue weighted by Gasteiger charge is -2.42. The monoisotopic (exact) mass is 361 g/mol. The molecule has 0 aromatic carbocycles. The third-order valence-corrected chi connectivity index (χ3v) is 5.29. The van der Waals surface area contributed by atoms with Gasteiger partial charge in [-0.3, -0.25) is 9.78 Å². The number of carbonyl (C=O) groups is 1. The summed E-state index contributed by atoms with van der Waals surface area (Å²) in [6.07, 6.45) is 6.27. The van der Waals surface area contributed by atoms with E-state index in [1.54, 1.807) is 6.20 Å². The van der Waals surface area contributed by atoms with Crippen LogP contribution in [0.5, 0.6) is 5.75 Å². The molecule has 2 aliphatic rings. The number of hydrogen-bond acceptors (Lipinski definition) is 5. The number of nitrogens with one attached hydrogen (secondary N) is 1. The molecule has 1 atom stereocenters. The fraction of sp³-hybridized carbons (Fsp3) is 0.700. The third kappa shape index (κ3) is 4.35. The van der Waals surface area contributed by atoms with Crippen LogP contribution in [0.2, 0.25) is 0 Å². The minimum absolute atomic E-state index is 0.104. The van der Waals surface area contributed by atoms with Crippen molar-refractivity contribution in [3.8, 4) is 5.75 Å². The molecule has 2 aliphatic heterocycles. The second-order valence-electron chi connectivity index (χ2n) is 7.32. The first kappa shape index (κ1) is 19.1. The van der Waals surface area contributed by atoms with Crippen LogP contribution < -0.4 is 10.1 Å². The number of aromatic nitrogens is 1. The zero-order valence-corrected chi connectivity index (χ0v) is 16.0. The van der Waals surface area contributed by atoms with Crippen molar-refractivity contribution in [3.63, 3.8) is 0 Å². The molecule has 6 nitrogen and oxygen atoms in total. The SMILES string of the molecule is CCCO[C@@H]1CCCN(C(=O)C2(Oc3cccnc3C)CCNCC2)C1. The predicted molar refractivity (Wildman–Crippen MR) is 100 cm³/mol. The van der Waals surface area contributed by atoms with Crippen molar-refractivity contribution in [2.45, 2.75) is 57.7 Å². The summed E-state index contributed by atoms with van der Waals surface area (Å²) in [4.78, 5) is 19.8. The highest BCUT2D eigenvalue weighted by Crippen LogP contribution is 2.31. The van der Waals surface area contributed by atoms with Crippen molar-refractivity contribution in [2.24, 2.45) is 0 Å². The van der Waals surface area contributed by atoms with Crippen LogP contribution in [0.3, 0.4) is 0 Å². The highest BCUT2D eigenvalue weighted by molar-refractivity contribution is 5.86. The number of likely N-dealkylation sites (tertiary alicyclic amines) is 1. The van der Waals surface area contributed by atoms with E-state index in [-0.39, 0.29) is 12.0 Å². The van der Waals surface area contributed by atoms with Gasteiger partial charge in [0.25, 0.3) is 5.91 Å². The first-order chi connectivity index (χ1) is 12.6. The number of hydrogen-bond donors (Lipinski definition) is 1. The molecule has 1 aromatic rings. The van der Waals surface area contributed by atoms with Crippen molar-refractivity contribution >= 4 is 5.91 Å². The summed E-state index contributed by atoms with van der Waals surface area (Å²) in [7, 11) is 0. The van der Waals surface area contributed by atoms with Crippen molar-refractivity contribution < 1.29 is 14.3 Å². The Bertz CT molecular complexity index is 602. The number of rotatable bonds is 6. The molecule has 2 fully saturated rings. The van der Waals surface area contributed by atoms with Crippen molar-refractivity contribution in [3.05, 3.63) is 24.0 Å². The summed E-state index contributed by atoms with van der Waals surface area (Å²) in [5.74, 6) is 0.811. The van der Waals surface area contributed by atoms with Gasteiger partial charge in [0.1, 0.15) is 5.75 Å². The molecule has 0 saturated carbocycles. The number of nitrogens with zero attached hydrogens (tertiary/aromatic N) is 2. The summed E-state index contributed by atoms with van der Waals surface area (Å²) in [5, 5.41) is 3.34. The maximum absolute atomic E-state index is 13.5. The van der Waals surface area contributed by atoms with Crippen LogP contribution in [0.25, 0.3) is 0 Å². The highest BCUT2D eigenvalue weighted by Gasteiger charge is 2.45. The Morgan fingerprint density at radius 2 is 2.23 bits per heavy atom. The van der Waals surface area contributed by atoms with Crippen LogP contribution in [0.4, 0.5) is 0 Å². The molecular formula is C20H31N3O3. The van der Waals surface area contributed by atoms with Gasteiger partial charge in [0.15, 0.2) is 5.60 Å². The van der Waals surface area contributed by atoms with Crippen LogP contribution in [0, 0.1) is 6.92 Å². The fourth-order valence-corrected chi connectivity index (χ4v) is 3.81. The maximum Gasteiger partial charge on any atom is 0.266 e. The molecule has 2 saturated heterocycles. The van der Waals surface area contributed by atoms with Gasteiger partial charge in [0.2, 0.25) is 0 Å². The number of amides is 1. The molecular weight excluding hydrogens is 330 g/mol. The van der Waals surface area contributed by atoms with Gasteiger partial charge in [-0.05, 0) is 51.4 Å². The van der Waals surface area contributed by atoms with Gasteiger partial charge in [0, 0.05) is 38.7 Å². The normalized spacial score (nSPS) is 22.8. The van der Waals surface area contributed by atoms with Gasteiger partial charge in [0.05, 0.1) is 11.8 Å². The summed E-state index contributed by atoms with van der Waals surface area (Å²) in [6, 6.07) is 3.76. The van der Waals surface area contributed by atoms with Crippen LogP contribution in [-0.4, -0.2) is 60.3 Å². The molecule has 144 valence electrons. The van der Waals surface area contributed by atoms with Gasteiger partial charge < -0.3 is 19.7 Å². The maximum atomic E-state index is 13.5. The standard InChI is InChI=1S/C20H31N3O3/c1-3-14-25-17-6-5-13-23(15-17)19(24)20(8-11-21-12-9-20)26-18-7-4-10-22-16(18)2/h4,7,10,17,21H,3,5-6,8-9,11-15H2,1-2H3/t17-/m1/s1. The average molecular weight is 361 g/mol. The van der Waals surface area contributed by atoms with E-state index in [9.17, 15) is 4.79 Å². The third-order valence-electron chi connectivity index (χ3n) is 5.29. The van der Waals surface area contributed by atoms with Gasteiger partial charge in [-0.15, -0.1) is 0 Å². The molecule has 0 spiro atoms.